The molecule has 0 atom stereocenters. The van der Waals surface area contributed by atoms with E-state index in [9.17, 15) is 5.26 Å². The lowest BCUT2D eigenvalue weighted by Gasteiger charge is -2.35. The van der Waals surface area contributed by atoms with E-state index in [1.54, 1.807) is 11.3 Å². The fraction of sp³-hybridized carbons (Fsp3) is 0.412. The Labute approximate surface area is 129 Å². The zero-order valence-electron chi connectivity index (χ0n) is 12.7. The Morgan fingerprint density at radius 3 is 2.81 bits per heavy atom. The van der Waals surface area contributed by atoms with E-state index in [2.05, 4.69) is 41.9 Å². The number of anilines is 1. The standard InChI is InChI=1S/C17H19N3S/c1-11(2)20-6-4-5-13-7-15(14(9-18)8-16(13)20)17-10-19-12(3)21-17/h7-8,10-11H,4-6H2,1-3H3. The van der Waals surface area contributed by atoms with Gasteiger partial charge in [0.25, 0.3) is 0 Å². The van der Waals surface area contributed by atoms with Crippen molar-refractivity contribution in [1.82, 2.24) is 4.98 Å². The topological polar surface area (TPSA) is 39.9 Å². The molecule has 2 heterocycles. The number of nitriles is 1. The van der Waals surface area contributed by atoms with E-state index >= 15 is 0 Å². The minimum Gasteiger partial charge on any atom is -0.369 e. The zero-order valence-corrected chi connectivity index (χ0v) is 13.5. The van der Waals surface area contributed by atoms with Gasteiger partial charge in [0.2, 0.25) is 0 Å². The molecular weight excluding hydrogens is 278 g/mol. The van der Waals surface area contributed by atoms with Crippen LogP contribution in [0.1, 0.15) is 36.4 Å². The van der Waals surface area contributed by atoms with Gasteiger partial charge < -0.3 is 4.90 Å². The van der Waals surface area contributed by atoms with Crippen LogP contribution in [0.2, 0.25) is 0 Å². The summed E-state index contributed by atoms with van der Waals surface area (Å²) in [4.78, 5) is 7.82. The summed E-state index contributed by atoms with van der Waals surface area (Å²) in [7, 11) is 0. The van der Waals surface area contributed by atoms with E-state index in [4.69, 9.17) is 0 Å². The average molecular weight is 297 g/mol. The van der Waals surface area contributed by atoms with Gasteiger partial charge in [0.15, 0.2) is 0 Å². The monoisotopic (exact) mass is 297 g/mol. The Morgan fingerprint density at radius 2 is 2.19 bits per heavy atom. The number of aryl methyl sites for hydroxylation is 2. The first-order chi connectivity index (χ1) is 10.1. The Hall–Kier alpha value is -1.86. The third kappa shape index (κ3) is 2.54. The van der Waals surface area contributed by atoms with Crippen molar-refractivity contribution in [1.29, 1.82) is 5.26 Å². The van der Waals surface area contributed by atoms with Gasteiger partial charge in [-0.1, -0.05) is 0 Å². The minimum atomic E-state index is 0.465. The molecule has 0 fully saturated rings. The van der Waals surface area contributed by atoms with Crippen molar-refractivity contribution in [2.45, 2.75) is 39.7 Å². The molecule has 0 spiro atoms. The maximum absolute atomic E-state index is 9.53. The first kappa shape index (κ1) is 14.1. The van der Waals surface area contributed by atoms with Crippen LogP contribution < -0.4 is 4.90 Å². The van der Waals surface area contributed by atoms with Crippen LogP contribution in [0.5, 0.6) is 0 Å². The van der Waals surface area contributed by atoms with Gasteiger partial charge in [-0.15, -0.1) is 11.3 Å². The molecule has 0 saturated carbocycles. The van der Waals surface area contributed by atoms with E-state index in [1.807, 2.05) is 13.1 Å². The van der Waals surface area contributed by atoms with Crippen LogP contribution in [0.3, 0.4) is 0 Å². The highest BCUT2D eigenvalue weighted by Gasteiger charge is 2.22. The van der Waals surface area contributed by atoms with E-state index in [1.165, 1.54) is 17.7 Å². The van der Waals surface area contributed by atoms with Gasteiger partial charge in [0, 0.05) is 30.0 Å². The molecule has 2 aromatic rings. The predicted octanol–water partition coefficient (Wildman–Crippen LogP) is 4.15. The molecule has 108 valence electrons. The van der Waals surface area contributed by atoms with Crippen LogP contribution in [0.15, 0.2) is 18.3 Å². The van der Waals surface area contributed by atoms with Crippen LogP contribution in [-0.4, -0.2) is 17.6 Å². The van der Waals surface area contributed by atoms with Gasteiger partial charge in [0.1, 0.15) is 0 Å². The van der Waals surface area contributed by atoms with Crippen LogP contribution in [-0.2, 0) is 6.42 Å². The van der Waals surface area contributed by atoms with Gasteiger partial charge in [-0.05, 0) is 51.3 Å². The zero-order chi connectivity index (χ0) is 15.0. The van der Waals surface area contributed by atoms with Gasteiger partial charge in [-0.2, -0.15) is 5.26 Å². The Morgan fingerprint density at radius 1 is 1.38 bits per heavy atom. The highest BCUT2D eigenvalue weighted by Crippen LogP contribution is 2.37. The molecule has 0 unspecified atom stereocenters. The molecule has 0 radical (unpaired) electrons. The molecule has 0 amide bonds. The molecule has 1 aliphatic rings. The maximum Gasteiger partial charge on any atom is 0.0999 e. The van der Waals surface area contributed by atoms with Crippen molar-refractivity contribution in [2.75, 3.05) is 11.4 Å². The van der Waals surface area contributed by atoms with E-state index in [0.29, 0.717) is 6.04 Å². The number of thiazole rings is 1. The first-order valence-corrected chi connectivity index (χ1v) is 8.18. The van der Waals surface area contributed by atoms with Crippen molar-refractivity contribution in [3.05, 3.63) is 34.5 Å². The lowest BCUT2D eigenvalue weighted by atomic mass is 9.94. The number of rotatable bonds is 2. The highest BCUT2D eigenvalue weighted by molar-refractivity contribution is 7.15. The van der Waals surface area contributed by atoms with Gasteiger partial charge in [0.05, 0.1) is 21.5 Å². The first-order valence-electron chi connectivity index (χ1n) is 7.36. The number of nitrogens with zero attached hydrogens (tertiary/aromatic N) is 3. The fourth-order valence-corrected chi connectivity index (χ4v) is 3.79. The third-order valence-electron chi connectivity index (χ3n) is 4.00. The maximum atomic E-state index is 9.53. The van der Waals surface area contributed by atoms with Crippen LogP contribution >= 0.6 is 11.3 Å². The summed E-state index contributed by atoms with van der Waals surface area (Å²) in [6, 6.07) is 7.10. The summed E-state index contributed by atoms with van der Waals surface area (Å²) in [5.74, 6) is 0. The molecular formula is C17H19N3S. The van der Waals surface area contributed by atoms with Crippen molar-refractivity contribution in [3.8, 4) is 16.5 Å². The lowest BCUT2D eigenvalue weighted by Crippen LogP contribution is -2.35. The lowest BCUT2D eigenvalue weighted by molar-refractivity contribution is 0.625. The summed E-state index contributed by atoms with van der Waals surface area (Å²) in [5.41, 5.74) is 4.38. The molecule has 0 N–H and O–H groups in total. The smallest absolute Gasteiger partial charge is 0.0999 e. The molecule has 0 saturated heterocycles. The number of benzene rings is 1. The fourth-order valence-electron chi connectivity index (χ4n) is 2.98. The minimum absolute atomic E-state index is 0.465. The normalized spacial score (nSPS) is 14.1. The summed E-state index contributed by atoms with van der Waals surface area (Å²) in [6.07, 6.45) is 4.15. The van der Waals surface area contributed by atoms with Gasteiger partial charge in [-0.25, -0.2) is 4.98 Å². The van der Waals surface area contributed by atoms with Crippen LogP contribution in [0, 0.1) is 18.3 Å². The van der Waals surface area contributed by atoms with E-state index in [0.717, 1.165) is 34.0 Å². The Kier molecular flexibility index (Phi) is 3.69. The number of hydrogen-bond donors (Lipinski definition) is 0. The van der Waals surface area contributed by atoms with Crippen molar-refractivity contribution in [2.24, 2.45) is 0 Å². The summed E-state index contributed by atoms with van der Waals surface area (Å²) < 4.78 is 0. The Bertz CT molecular complexity index is 709. The molecule has 3 rings (SSSR count). The third-order valence-corrected chi connectivity index (χ3v) is 4.95. The number of aromatic nitrogens is 1. The summed E-state index contributed by atoms with van der Waals surface area (Å²) in [6.45, 7) is 7.50. The highest BCUT2D eigenvalue weighted by atomic mass is 32.1. The second-order valence-electron chi connectivity index (χ2n) is 5.77. The van der Waals surface area contributed by atoms with Crippen molar-refractivity contribution in [3.63, 3.8) is 0 Å². The largest absolute Gasteiger partial charge is 0.369 e. The predicted molar refractivity (Wildman–Crippen MR) is 87.8 cm³/mol. The molecule has 0 bridgehead atoms. The van der Waals surface area contributed by atoms with Crippen LogP contribution in [0.25, 0.3) is 10.4 Å². The molecule has 21 heavy (non-hydrogen) atoms. The van der Waals surface area contributed by atoms with E-state index in [-0.39, 0.29) is 0 Å². The summed E-state index contributed by atoms with van der Waals surface area (Å²) >= 11 is 1.65. The molecule has 3 nitrogen and oxygen atoms in total. The molecule has 1 aromatic carbocycles. The molecule has 1 aliphatic heterocycles. The van der Waals surface area contributed by atoms with Gasteiger partial charge >= 0.3 is 0 Å². The summed E-state index contributed by atoms with van der Waals surface area (Å²) in [5, 5.41) is 10.6. The molecule has 0 aliphatic carbocycles. The quantitative estimate of drug-likeness (QED) is 0.836. The average Bonchev–Trinajstić information content (AvgIpc) is 2.91. The molecule has 1 aromatic heterocycles. The van der Waals surface area contributed by atoms with Crippen molar-refractivity contribution < 1.29 is 0 Å². The molecule has 4 heteroatoms. The number of hydrogen-bond acceptors (Lipinski definition) is 4. The second-order valence-corrected chi connectivity index (χ2v) is 7.01. The van der Waals surface area contributed by atoms with Gasteiger partial charge in [-0.3, -0.25) is 0 Å². The second kappa shape index (κ2) is 5.50. The van der Waals surface area contributed by atoms with Crippen molar-refractivity contribution >= 4 is 17.0 Å². The Balaban J connectivity index is 2.14. The number of fused-ring (bicyclic) bond motifs is 1. The van der Waals surface area contributed by atoms with E-state index < -0.39 is 0 Å². The SMILES string of the molecule is Cc1ncc(-c2cc3c(cc2C#N)N(C(C)C)CCC3)s1. The van der Waals surface area contributed by atoms with Crippen LogP contribution in [0.4, 0.5) is 5.69 Å².